The first kappa shape index (κ1) is 43.3. The van der Waals surface area contributed by atoms with Crippen molar-refractivity contribution >= 4 is 69.6 Å². The van der Waals surface area contributed by atoms with Crippen LogP contribution in [-0.2, 0) is 32.0 Å². The largest absolute Gasteiger partial charge is 0.497 e. The van der Waals surface area contributed by atoms with Gasteiger partial charge in [0.2, 0.25) is 5.91 Å². The highest BCUT2D eigenvalue weighted by molar-refractivity contribution is 8.00. The van der Waals surface area contributed by atoms with Gasteiger partial charge in [-0.25, -0.2) is 9.59 Å². The first-order chi connectivity index (χ1) is 27.7. The lowest BCUT2D eigenvalue weighted by molar-refractivity contribution is -0.116. The van der Waals surface area contributed by atoms with E-state index in [2.05, 4.69) is 16.0 Å². The average molecular weight is 829 g/mol. The highest BCUT2D eigenvalue weighted by Crippen LogP contribution is 2.39. The van der Waals surface area contributed by atoms with Gasteiger partial charge in [0.15, 0.2) is 0 Å². The normalized spacial score (nSPS) is 13.1. The summed E-state index contributed by atoms with van der Waals surface area (Å²) in [6.07, 6.45) is 1.91. The van der Waals surface area contributed by atoms with Crippen LogP contribution in [0.5, 0.6) is 11.5 Å². The van der Waals surface area contributed by atoms with E-state index in [0.717, 1.165) is 10.4 Å². The predicted molar refractivity (Wildman–Crippen MR) is 226 cm³/mol. The highest BCUT2D eigenvalue weighted by atomic mass is 32.2. The van der Waals surface area contributed by atoms with Crippen molar-refractivity contribution in [1.29, 1.82) is 0 Å². The predicted octanol–water partition coefficient (Wildman–Crippen LogP) is 8.15. The Morgan fingerprint density at radius 1 is 0.931 bits per heavy atom. The summed E-state index contributed by atoms with van der Waals surface area (Å²) in [4.78, 5) is 70.1. The van der Waals surface area contributed by atoms with E-state index in [1.165, 1.54) is 43.4 Å². The number of amides is 4. The number of nitrogens with one attached hydrogen (secondary N) is 3. The van der Waals surface area contributed by atoms with Crippen molar-refractivity contribution < 1.29 is 42.9 Å². The van der Waals surface area contributed by atoms with E-state index in [4.69, 9.17) is 18.9 Å². The van der Waals surface area contributed by atoms with E-state index in [1.807, 2.05) is 13.0 Å². The second kappa shape index (κ2) is 19.6. The van der Waals surface area contributed by atoms with Gasteiger partial charge in [-0.3, -0.25) is 14.4 Å². The number of fused-ring (bicyclic) bond motifs is 1. The molecule has 13 nitrogen and oxygen atoms in total. The Hall–Kier alpha value is -5.80. The van der Waals surface area contributed by atoms with Crippen molar-refractivity contribution in [3.63, 3.8) is 0 Å². The zero-order chi connectivity index (χ0) is 42.0. The molecule has 0 bridgehead atoms. The molecule has 4 aromatic rings. The van der Waals surface area contributed by atoms with Crippen molar-refractivity contribution in [3.05, 3.63) is 106 Å². The summed E-state index contributed by atoms with van der Waals surface area (Å²) < 4.78 is 21.8. The van der Waals surface area contributed by atoms with E-state index >= 15 is 0 Å². The summed E-state index contributed by atoms with van der Waals surface area (Å²) in [6.45, 7) is 9.76. The van der Waals surface area contributed by atoms with Crippen molar-refractivity contribution in [2.45, 2.75) is 69.8 Å². The van der Waals surface area contributed by atoms with Gasteiger partial charge in [0.1, 0.15) is 27.8 Å². The lowest BCUT2D eigenvalue weighted by Gasteiger charge is -2.30. The monoisotopic (exact) mass is 828 g/mol. The Labute approximate surface area is 346 Å². The maximum absolute atomic E-state index is 13.9. The first-order valence-electron chi connectivity index (χ1n) is 18.7. The van der Waals surface area contributed by atoms with E-state index in [1.54, 1.807) is 99.3 Å². The molecule has 0 aliphatic carbocycles. The van der Waals surface area contributed by atoms with E-state index in [0.29, 0.717) is 63.2 Å². The minimum Gasteiger partial charge on any atom is -0.497 e. The summed E-state index contributed by atoms with van der Waals surface area (Å²) in [7, 11) is 3.03. The summed E-state index contributed by atoms with van der Waals surface area (Å²) in [5, 5.41) is 8.38. The van der Waals surface area contributed by atoms with E-state index < -0.39 is 34.7 Å². The van der Waals surface area contributed by atoms with Crippen molar-refractivity contribution in [2.24, 2.45) is 0 Å². The number of hydrogen-bond donors (Lipinski definition) is 3. The maximum atomic E-state index is 13.9. The van der Waals surface area contributed by atoms with Crippen LogP contribution < -0.4 is 25.4 Å². The lowest BCUT2D eigenvalue weighted by Crippen LogP contribution is -2.39. The molecule has 2 heterocycles. The molecule has 0 saturated carbocycles. The molecule has 4 amide bonds. The molecule has 1 aliphatic heterocycles. The zero-order valence-corrected chi connectivity index (χ0v) is 35.2. The molecule has 0 saturated heterocycles. The Morgan fingerprint density at radius 3 is 2.36 bits per heavy atom. The number of anilines is 2. The van der Waals surface area contributed by atoms with Crippen LogP contribution in [0.1, 0.15) is 77.8 Å². The topological polar surface area (TPSA) is 162 Å². The SMILES string of the molecule is CCOC(=O)c1c(NC(=O)C(CC)Sc2cccc(NC(=O)/C(=C\c3cc(OC)ccc3OC)NC(=O)c3ccccc3)c2)sc2c1CCN(C(=O)OC(C)(C)C)C2. The van der Waals surface area contributed by atoms with Crippen LogP contribution in [0.3, 0.4) is 0 Å². The van der Waals surface area contributed by atoms with Gasteiger partial charge in [-0.2, -0.15) is 0 Å². The Balaban J connectivity index is 1.35. The molecule has 1 aliphatic rings. The zero-order valence-electron chi connectivity index (χ0n) is 33.6. The summed E-state index contributed by atoms with van der Waals surface area (Å²) in [5.74, 6) is -0.953. The number of rotatable bonds is 14. The van der Waals surface area contributed by atoms with Gasteiger partial charge in [-0.05, 0) is 101 Å². The van der Waals surface area contributed by atoms with Crippen molar-refractivity contribution in [1.82, 2.24) is 10.2 Å². The van der Waals surface area contributed by atoms with Crippen molar-refractivity contribution in [3.8, 4) is 11.5 Å². The number of carbonyl (C=O) groups is 5. The number of carbonyl (C=O) groups excluding carboxylic acids is 5. The van der Waals surface area contributed by atoms with Crippen LogP contribution in [-0.4, -0.2) is 72.9 Å². The average Bonchev–Trinajstić information content (AvgIpc) is 3.56. The third kappa shape index (κ3) is 11.2. The summed E-state index contributed by atoms with van der Waals surface area (Å²) >= 11 is 2.54. The number of thioether (sulfide) groups is 1. The number of nitrogens with zero attached hydrogens (tertiary/aromatic N) is 1. The number of thiophene rings is 1. The summed E-state index contributed by atoms with van der Waals surface area (Å²) in [5.41, 5.74) is 1.63. The molecule has 1 unspecified atom stereocenters. The quantitative estimate of drug-likeness (QED) is 0.0643. The van der Waals surface area contributed by atoms with Crippen LogP contribution in [0.4, 0.5) is 15.5 Å². The molecule has 0 fully saturated rings. The lowest BCUT2D eigenvalue weighted by atomic mass is 10.0. The molecule has 1 aromatic heterocycles. The van der Waals surface area contributed by atoms with Crippen LogP contribution in [0.2, 0.25) is 0 Å². The molecule has 58 heavy (non-hydrogen) atoms. The van der Waals surface area contributed by atoms with Gasteiger partial charge < -0.3 is 39.8 Å². The molecule has 306 valence electrons. The number of hydrogen-bond acceptors (Lipinski definition) is 11. The van der Waals surface area contributed by atoms with Crippen LogP contribution in [0.25, 0.3) is 6.08 Å². The first-order valence-corrected chi connectivity index (χ1v) is 20.4. The van der Waals surface area contributed by atoms with Gasteiger partial charge >= 0.3 is 12.1 Å². The molecule has 0 radical (unpaired) electrons. The summed E-state index contributed by atoms with van der Waals surface area (Å²) in [6, 6.07) is 20.7. The minimum absolute atomic E-state index is 0.0467. The fraction of sp³-hybridized carbons (Fsp3) is 0.326. The molecular formula is C43H48N4O9S2. The molecule has 3 N–H and O–H groups in total. The van der Waals surface area contributed by atoms with Gasteiger partial charge in [0, 0.05) is 33.1 Å². The number of benzene rings is 3. The number of methoxy groups -OCH3 is 2. The van der Waals surface area contributed by atoms with E-state index in [-0.39, 0.29) is 24.8 Å². The van der Waals surface area contributed by atoms with Crippen molar-refractivity contribution in [2.75, 3.05) is 38.0 Å². The Bertz CT molecular complexity index is 2180. The third-order valence-corrected chi connectivity index (χ3v) is 11.2. The molecule has 3 aromatic carbocycles. The van der Waals surface area contributed by atoms with Gasteiger partial charge in [0.25, 0.3) is 11.8 Å². The standard InChI is InChI=1S/C43H48N4O9S2/c1-8-34(39(50)46-40-36(41(51)55-9-2)31-20-21-47(25-35(31)58-40)42(52)56-43(3,4)5)57-30-17-13-16-28(24-30)44-38(49)32(45-37(48)26-14-11-10-12-15-26)23-27-22-29(53-6)18-19-33(27)54-7/h10-19,22-24,34H,8-9,20-21,25H2,1-7H3,(H,44,49)(H,45,48)(H,46,50)/b32-23+. The Kier molecular flexibility index (Phi) is 14.6. The van der Waals surface area contributed by atoms with Crippen LogP contribution in [0.15, 0.2) is 83.4 Å². The van der Waals surface area contributed by atoms with Gasteiger partial charge in [-0.1, -0.05) is 31.2 Å². The third-order valence-electron chi connectivity index (χ3n) is 8.72. The molecular weight excluding hydrogens is 781 g/mol. The Morgan fingerprint density at radius 2 is 1.69 bits per heavy atom. The molecule has 1 atom stereocenters. The number of esters is 1. The maximum Gasteiger partial charge on any atom is 0.410 e. The fourth-order valence-corrected chi connectivity index (χ4v) is 8.24. The molecule has 0 spiro atoms. The van der Waals surface area contributed by atoms with E-state index in [9.17, 15) is 24.0 Å². The highest BCUT2D eigenvalue weighted by Gasteiger charge is 2.33. The fourth-order valence-electron chi connectivity index (χ4n) is 5.97. The van der Waals surface area contributed by atoms with Crippen LogP contribution in [0, 0.1) is 0 Å². The smallest absolute Gasteiger partial charge is 0.410 e. The molecule has 5 rings (SSSR count). The second-order valence-corrected chi connectivity index (χ2v) is 16.4. The second-order valence-electron chi connectivity index (χ2n) is 14.1. The van der Waals surface area contributed by atoms with Crippen LogP contribution >= 0.6 is 23.1 Å². The molecule has 15 heteroatoms. The van der Waals surface area contributed by atoms with Gasteiger partial charge in [-0.15, -0.1) is 23.1 Å². The van der Waals surface area contributed by atoms with Gasteiger partial charge in [0.05, 0.1) is 38.2 Å². The number of ether oxygens (including phenoxy) is 4. The minimum atomic E-state index is -0.660.